The maximum atomic E-state index is 10.9. The Morgan fingerprint density at radius 3 is 0.910 bits per heavy atom. The lowest BCUT2D eigenvalue weighted by Crippen LogP contribution is -2.16. The van der Waals surface area contributed by atoms with Crippen LogP contribution in [0.25, 0.3) is 0 Å². The number of unbranched alkanes of at least 4 members (excludes halogenated alkanes) is 5. The normalized spacial score (nSPS) is 11.7. The first-order valence-corrected chi connectivity index (χ1v) is 43.4. The summed E-state index contributed by atoms with van der Waals surface area (Å²) < 4.78 is 101. The fourth-order valence-corrected chi connectivity index (χ4v) is 7.91. The molecule has 1 aliphatic heterocycles. The molecule has 134 heavy (non-hydrogen) atoms. The van der Waals surface area contributed by atoms with Crippen LogP contribution < -0.4 is 0 Å². The fraction of sp³-hybridized carbons (Fsp3) is 0.621. The van der Waals surface area contributed by atoms with Crippen LogP contribution in [0.3, 0.4) is 0 Å². The second kappa shape index (κ2) is 103. The molecule has 1 saturated heterocycles. The smallest absolute Gasteiger partial charge is 0.333 e. The van der Waals surface area contributed by atoms with Gasteiger partial charge in [-0.2, -0.15) is 0 Å². The van der Waals surface area contributed by atoms with E-state index in [0.717, 1.165) is 133 Å². The molecule has 768 valence electrons. The summed E-state index contributed by atoms with van der Waals surface area (Å²) in [6, 6.07) is 0. The van der Waals surface area contributed by atoms with Crippen molar-refractivity contribution in [2.75, 3.05) is 119 Å². The van der Waals surface area contributed by atoms with E-state index in [1.807, 2.05) is 20.8 Å². The molecule has 0 bridgehead atoms. The van der Waals surface area contributed by atoms with Crippen molar-refractivity contribution in [3.05, 3.63) is 114 Å². The van der Waals surface area contributed by atoms with E-state index < -0.39 is 41.8 Å². The highest BCUT2D eigenvalue weighted by Crippen LogP contribution is 2.16. The third-order valence-corrected chi connectivity index (χ3v) is 14.7. The minimum Gasteiger partial charge on any atom is -0.502 e. The number of carbonyl (C=O) groups excluding carboxylic acids is 18. The minimum atomic E-state index is -0.478. The SMILES string of the molecule is C=C(C)C(=O)OCCCCCOC(C)=O.C=CC(=O)OC(C)CCCCOC(C)=O.C=CC(=O)OC(C)CCCOC(C)=O.C=CC(=O)OC(C)CCOC(C)=O.C=CC(=O)OCC(C)COC(C)=O.C=CC(=O)OCCC(C)CCOC(C)=O.C=CC(=O)OCCC(C)OC(C)=O.C=CC(=O)OCCOCCOC(C)=O.C=COCCCCOC(C)=O.CC(=O)OCCCCC1CO1. The van der Waals surface area contributed by atoms with Gasteiger partial charge in [0.25, 0.3) is 0 Å². The van der Waals surface area contributed by atoms with Gasteiger partial charge >= 0.3 is 107 Å². The molecule has 0 radical (unpaired) electrons. The van der Waals surface area contributed by atoms with Crippen LogP contribution in [0.1, 0.15) is 227 Å². The number of carbonyl (C=O) groups is 18. The van der Waals surface area contributed by atoms with Crippen LogP contribution >= 0.6 is 0 Å². The Balaban J connectivity index is -0.000000185. The van der Waals surface area contributed by atoms with E-state index in [-0.39, 0.29) is 142 Å². The van der Waals surface area contributed by atoms with Gasteiger partial charge in [-0.25, -0.2) is 38.4 Å². The molecule has 0 saturated carbocycles. The average molecular weight is 1920 g/mol. The molecule has 0 N–H and O–H groups in total. The molecule has 0 aromatic carbocycles. The van der Waals surface area contributed by atoms with Gasteiger partial charge in [-0.05, 0) is 137 Å². The molecule has 39 nitrogen and oxygen atoms in total. The summed E-state index contributed by atoms with van der Waals surface area (Å²) in [5, 5.41) is 0. The molecule has 0 aromatic rings. The molecular formula is C95H154O39. The highest BCUT2D eigenvalue weighted by molar-refractivity contribution is 5.87. The number of epoxide rings is 1. The molecule has 39 heteroatoms. The van der Waals surface area contributed by atoms with E-state index in [1.165, 1.54) is 75.5 Å². The molecular weight excluding hydrogens is 1770 g/mol. The van der Waals surface area contributed by atoms with Crippen molar-refractivity contribution < 1.29 is 186 Å². The predicted octanol–water partition coefficient (Wildman–Crippen LogP) is 12.8. The standard InChI is InChI=1S/3C11H18O4.C10H16O4.C9H14O5.3C9H14O4.2C8H14O3/c1-9(2)11(13)15-8-6-4-5-7-14-10(3)12;1-4-11(13)15-8-6-9(2)5-7-14-10(3)12;1-4-11(13)15-9(2)7-5-6-8-14-10(3)12;1-4-10(12)14-8(2)6-5-7-13-9(3)11;1-3-9(11)14-7-5-12-4-6-13-8(2)10;1-4-9(11)13-6-7(2)5-12-8(3)10;1-4-9(11)12-6-5-7(2)13-8(3)10;1-4-9(11)13-7(2)5-6-12-8(3)10;1-7(9)10-5-3-2-4-8-6-11-8;1-3-10-6-4-5-7-11-8(2)9/h1,4-8H2,2-3H3;2*4,9H,1,5-8H2,2-3H3;4,8H,1,5-7H2,2-3H3;3H,1,4-7H2,2H3;3*4,7H,1,5-6H2,2-3H3;8H,2-6H2,1H3;3H,1,4-7H2,2H3. The molecule has 0 spiro atoms. The summed E-state index contributed by atoms with van der Waals surface area (Å²) in [5.74, 6) is -5.90. The zero-order valence-electron chi connectivity index (χ0n) is 82.2. The Kier molecular flexibility index (Phi) is 107. The van der Waals surface area contributed by atoms with Crippen LogP contribution in [-0.4, -0.2) is 257 Å². The summed E-state index contributed by atoms with van der Waals surface area (Å²) in [6.45, 7) is 63.0. The molecule has 0 aromatic heterocycles. The van der Waals surface area contributed by atoms with Gasteiger partial charge in [0.1, 0.15) is 25.4 Å². The first-order chi connectivity index (χ1) is 63.1. The maximum absolute atomic E-state index is 10.9. The highest BCUT2D eigenvalue weighted by Gasteiger charge is 2.21. The van der Waals surface area contributed by atoms with Crippen LogP contribution in [0.2, 0.25) is 0 Å². The van der Waals surface area contributed by atoms with E-state index in [1.54, 1.807) is 27.7 Å². The van der Waals surface area contributed by atoms with Crippen molar-refractivity contribution in [2.45, 2.75) is 257 Å². The quantitative estimate of drug-likeness (QED) is 0.0136. The molecule has 7 unspecified atom stereocenters. The van der Waals surface area contributed by atoms with E-state index in [0.29, 0.717) is 109 Å². The summed E-state index contributed by atoms with van der Waals surface area (Å²) in [7, 11) is 0. The van der Waals surface area contributed by atoms with E-state index in [9.17, 15) is 86.3 Å². The van der Waals surface area contributed by atoms with Crippen molar-refractivity contribution >= 4 is 107 Å². The molecule has 1 fully saturated rings. The van der Waals surface area contributed by atoms with Crippen LogP contribution in [0, 0.1) is 11.8 Å². The van der Waals surface area contributed by atoms with Gasteiger partial charge in [-0.1, -0.05) is 73.1 Å². The monoisotopic (exact) mass is 1920 g/mol. The molecule has 0 amide bonds. The number of hydrogen-bond donors (Lipinski definition) is 0. The summed E-state index contributed by atoms with van der Waals surface area (Å²) in [5.41, 5.74) is 0.412. The van der Waals surface area contributed by atoms with Crippen molar-refractivity contribution in [2.24, 2.45) is 11.8 Å². The van der Waals surface area contributed by atoms with Gasteiger partial charge < -0.3 is 99.5 Å². The average Bonchev–Trinajstić information content (AvgIpc) is 1.81. The Bertz CT molecular complexity index is 3350. The van der Waals surface area contributed by atoms with Crippen molar-refractivity contribution in [3.8, 4) is 0 Å². The lowest BCUT2D eigenvalue weighted by Gasteiger charge is -2.11. The maximum Gasteiger partial charge on any atom is 0.333 e. The predicted molar refractivity (Wildman–Crippen MR) is 492 cm³/mol. The first kappa shape index (κ1) is 140. The van der Waals surface area contributed by atoms with Crippen LogP contribution in [-0.2, 0) is 186 Å². The molecule has 1 heterocycles. The number of esters is 18. The van der Waals surface area contributed by atoms with Gasteiger partial charge in [-0.3, -0.25) is 47.9 Å². The number of hydrogen-bond acceptors (Lipinski definition) is 39. The molecule has 1 aliphatic rings. The van der Waals surface area contributed by atoms with Gasteiger partial charge in [0, 0.05) is 136 Å². The van der Waals surface area contributed by atoms with E-state index >= 15 is 0 Å². The van der Waals surface area contributed by atoms with E-state index in [4.69, 9.17) is 85.3 Å². The van der Waals surface area contributed by atoms with Crippen molar-refractivity contribution in [1.29, 1.82) is 0 Å². The lowest BCUT2D eigenvalue weighted by molar-refractivity contribution is -0.148. The Hall–Kier alpha value is -12.2. The zero-order chi connectivity index (χ0) is 104. The topological polar surface area (TPSA) is 504 Å². The third-order valence-electron chi connectivity index (χ3n) is 14.7. The lowest BCUT2D eigenvalue weighted by atomic mass is 10.1. The first-order valence-electron chi connectivity index (χ1n) is 43.4. The third kappa shape index (κ3) is 140. The van der Waals surface area contributed by atoms with Gasteiger partial charge in [0.05, 0.1) is 130 Å². The van der Waals surface area contributed by atoms with Crippen molar-refractivity contribution in [3.63, 3.8) is 0 Å². The van der Waals surface area contributed by atoms with Crippen LogP contribution in [0.15, 0.2) is 114 Å². The zero-order valence-corrected chi connectivity index (χ0v) is 82.2. The Morgan fingerprint density at radius 2 is 0.545 bits per heavy atom. The fourth-order valence-electron chi connectivity index (χ4n) is 7.91. The van der Waals surface area contributed by atoms with Crippen molar-refractivity contribution in [1.82, 2.24) is 0 Å². The summed E-state index contributed by atoms with van der Waals surface area (Å²) in [6.07, 6.45) is 22.6. The molecule has 7 atom stereocenters. The molecule has 0 aliphatic carbocycles. The minimum absolute atomic E-state index is 0.00722. The van der Waals surface area contributed by atoms with Gasteiger partial charge in [0.15, 0.2) is 0 Å². The number of rotatable bonds is 60. The second-order valence-electron chi connectivity index (χ2n) is 28.0. The van der Waals surface area contributed by atoms with Crippen LogP contribution in [0.4, 0.5) is 0 Å². The van der Waals surface area contributed by atoms with Gasteiger partial charge in [0.2, 0.25) is 0 Å². The van der Waals surface area contributed by atoms with Crippen LogP contribution in [0.5, 0.6) is 0 Å². The van der Waals surface area contributed by atoms with E-state index in [2.05, 4.69) is 73.4 Å². The summed E-state index contributed by atoms with van der Waals surface area (Å²) >= 11 is 0. The van der Waals surface area contributed by atoms with Gasteiger partial charge in [-0.15, -0.1) is 0 Å². The summed E-state index contributed by atoms with van der Waals surface area (Å²) in [4.78, 5) is 189. The Morgan fingerprint density at radius 1 is 0.269 bits per heavy atom. The molecule has 1 rings (SSSR count). The number of ether oxygens (including phenoxy) is 21. The second-order valence-corrected chi connectivity index (χ2v) is 28.0. The Labute approximate surface area is 791 Å². The highest BCUT2D eigenvalue weighted by atomic mass is 16.6. The largest absolute Gasteiger partial charge is 0.502 e.